The molecule has 1 aromatic heterocycles. The second kappa shape index (κ2) is 4.82. The van der Waals surface area contributed by atoms with Crippen LogP contribution >= 0.6 is 0 Å². The van der Waals surface area contributed by atoms with Crippen LogP contribution in [0.25, 0.3) is 10.8 Å². The number of aromatic nitrogens is 1. The van der Waals surface area contributed by atoms with Crippen molar-refractivity contribution in [1.29, 1.82) is 0 Å². The summed E-state index contributed by atoms with van der Waals surface area (Å²) in [5.41, 5.74) is 1.37. The first-order valence-electron chi connectivity index (χ1n) is 6.04. The Morgan fingerprint density at radius 3 is 2.88 bits per heavy atom. The van der Waals surface area contributed by atoms with Crippen molar-refractivity contribution in [2.45, 2.75) is 6.54 Å². The third-order valence-electron chi connectivity index (χ3n) is 3.21. The zero-order chi connectivity index (χ0) is 11.5. The molecule has 0 radical (unpaired) electrons. The molecule has 1 aliphatic heterocycles. The maximum atomic E-state index is 5.36. The first-order chi connectivity index (χ1) is 8.42. The highest BCUT2D eigenvalue weighted by atomic mass is 16.5. The van der Waals surface area contributed by atoms with Crippen LogP contribution in [0.3, 0.4) is 0 Å². The standard InChI is InChI=1S/C14H16N2O/c1-2-14-10-15-4-3-13(14)9-12(1)11-16-5-7-17-8-6-16/h1-4,9-10H,5-8,11H2. The highest BCUT2D eigenvalue weighted by molar-refractivity contribution is 5.81. The summed E-state index contributed by atoms with van der Waals surface area (Å²) in [6, 6.07) is 8.67. The fourth-order valence-electron chi connectivity index (χ4n) is 2.25. The Balaban J connectivity index is 1.80. The topological polar surface area (TPSA) is 25.4 Å². The minimum absolute atomic E-state index is 0.859. The van der Waals surface area contributed by atoms with Gasteiger partial charge in [-0.25, -0.2) is 0 Å². The maximum absolute atomic E-state index is 5.36. The molecule has 3 heteroatoms. The highest BCUT2D eigenvalue weighted by Crippen LogP contribution is 2.16. The number of pyridine rings is 1. The van der Waals surface area contributed by atoms with Crippen LogP contribution < -0.4 is 0 Å². The SMILES string of the molecule is c1cc2cc(CN3CCOCC3)ccc2cn1. The van der Waals surface area contributed by atoms with Gasteiger partial charge in [-0.1, -0.05) is 12.1 Å². The molecule has 0 atom stereocenters. The monoisotopic (exact) mass is 228 g/mol. The van der Waals surface area contributed by atoms with Crippen molar-refractivity contribution in [2.75, 3.05) is 26.3 Å². The number of morpholine rings is 1. The van der Waals surface area contributed by atoms with E-state index >= 15 is 0 Å². The molecule has 1 aliphatic rings. The van der Waals surface area contributed by atoms with Crippen molar-refractivity contribution in [3.8, 4) is 0 Å². The van der Waals surface area contributed by atoms with E-state index in [0.717, 1.165) is 32.8 Å². The first kappa shape index (κ1) is 10.7. The number of hydrogen-bond acceptors (Lipinski definition) is 3. The molecule has 0 bridgehead atoms. The maximum Gasteiger partial charge on any atom is 0.0594 e. The van der Waals surface area contributed by atoms with E-state index in [9.17, 15) is 0 Å². The molecule has 17 heavy (non-hydrogen) atoms. The van der Waals surface area contributed by atoms with Crippen LogP contribution in [0.15, 0.2) is 36.7 Å². The van der Waals surface area contributed by atoms with Crippen LogP contribution in [0.5, 0.6) is 0 Å². The molecular weight excluding hydrogens is 212 g/mol. The van der Waals surface area contributed by atoms with Gasteiger partial charge < -0.3 is 4.74 Å². The van der Waals surface area contributed by atoms with Crippen molar-refractivity contribution in [2.24, 2.45) is 0 Å². The average molecular weight is 228 g/mol. The molecule has 3 rings (SSSR count). The molecule has 0 saturated carbocycles. The van der Waals surface area contributed by atoms with E-state index in [1.165, 1.54) is 16.3 Å². The van der Waals surface area contributed by atoms with E-state index in [0.29, 0.717) is 0 Å². The Kier molecular flexibility index (Phi) is 3.03. The second-order valence-electron chi connectivity index (χ2n) is 4.45. The largest absolute Gasteiger partial charge is 0.379 e. The normalized spacial score (nSPS) is 17.4. The van der Waals surface area contributed by atoms with E-state index in [-0.39, 0.29) is 0 Å². The molecule has 0 spiro atoms. The predicted octanol–water partition coefficient (Wildman–Crippen LogP) is 2.07. The van der Waals surface area contributed by atoms with Crippen LogP contribution in [0, 0.1) is 0 Å². The smallest absolute Gasteiger partial charge is 0.0594 e. The summed E-state index contributed by atoms with van der Waals surface area (Å²) in [6.07, 6.45) is 3.76. The lowest BCUT2D eigenvalue weighted by Gasteiger charge is -2.26. The molecule has 1 fully saturated rings. The van der Waals surface area contributed by atoms with Gasteiger partial charge in [-0.05, 0) is 23.1 Å². The number of benzene rings is 1. The Labute approximate surface area is 101 Å². The van der Waals surface area contributed by atoms with Crippen molar-refractivity contribution < 1.29 is 4.74 Å². The summed E-state index contributed by atoms with van der Waals surface area (Å²) in [7, 11) is 0. The van der Waals surface area contributed by atoms with Gasteiger partial charge in [-0.3, -0.25) is 9.88 Å². The van der Waals surface area contributed by atoms with Crippen LogP contribution in [0.4, 0.5) is 0 Å². The van der Waals surface area contributed by atoms with E-state index in [2.05, 4.69) is 34.1 Å². The molecule has 0 amide bonds. The van der Waals surface area contributed by atoms with E-state index < -0.39 is 0 Å². The number of hydrogen-bond donors (Lipinski definition) is 0. The summed E-state index contributed by atoms with van der Waals surface area (Å²) in [4.78, 5) is 6.57. The summed E-state index contributed by atoms with van der Waals surface area (Å²) in [5, 5.41) is 2.48. The van der Waals surface area contributed by atoms with Crippen LogP contribution in [-0.2, 0) is 11.3 Å². The molecule has 2 aromatic rings. The Morgan fingerprint density at radius 1 is 1.12 bits per heavy atom. The van der Waals surface area contributed by atoms with Crippen LogP contribution in [0.1, 0.15) is 5.56 Å². The molecule has 1 aromatic carbocycles. The molecule has 1 saturated heterocycles. The summed E-state index contributed by atoms with van der Waals surface area (Å²) < 4.78 is 5.36. The second-order valence-corrected chi connectivity index (χ2v) is 4.45. The number of fused-ring (bicyclic) bond motifs is 1. The van der Waals surface area contributed by atoms with Gasteiger partial charge in [0.15, 0.2) is 0 Å². The molecule has 0 aliphatic carbocycles. The van der Waals surface area contributed by atoms with Crippen molar-refractivity contribution >= 4 is 10.8 Å². The van der Waals surface area contributed by atoms with E-state index in [1.807, 2.05) is 12.4 Å². The molecule has 0 unspecified atom stereocenters. The fourth-order valence-corrected chi connectivity index (χ4v) is 2.25. The minimum atomic E-state index is 0.859. The average Bonchev–Trinajstić information content (AvgIpc) is 2.40. The third kappa shape index (κ3) is 2.46. The summed E-state index contributed by atoms with van der Waals surface area (Å²) in [6.45, 7) is 4.80. The van der Waals surface area contributed by atoms with Crippen molar-refractivity contribution in [1.82, 2.24) is 9.88 Å². The highest BCUT2D eigenvalue weighted by Gasteiger charge is 2.10. The molecular formula is C14H16N2O. The van der Waals surface area contributed by atoms with Crippen LogP contribution in [-0.4, -0.2) is 36.2 Å². The number of rotatable bonds is 2. The first-order valence-corrected chi connectivity index (χ1v) is 6.04. The summed E-state index contributed by atoms with van der Waals surface area (Å²) >= 11 is 0. The fraction of sp³-hybridized carbons (Fsp3) is 0.357. The molecule has 88 valence electrons. The van der Waals surface area contributed by atoms with Gasteiger partial charge >= 0.3 is 0 Å². The van der Waals surface area contributed by atoms with Gasteiger partial charge in [-0.2, -0.15) is 0 Å². The Morgan fingerprint density at radius 2 is 2.00 bits per heavy atom. The van der Waals surface area contributed by atoms with Gasteiger partial charge in [0.25, 0.3) is 0 Å². The van der Waals surface area contributed by atoms with Gasteiger partial charge in [0.1, 0.15) is 0 Å². The third-order valence-corrected chi connectivity index (χ3v) is 3.21. The van der Waals surface area contributed by atoms with E-state index in [4.69, 9.17) is 4.74 Å². The lowest BCUT2D eigenvalue weighted by Crippen LogP contribution is -2.35. The molecule has 2 heterocycles. The van der Waals surface area contributed by atoms with Crippen molar-refractivity contribution in [3.05, 3.63) is 42.2 Å². The zero-order valence-corrected chi connectivity index (χ0v) is 9.80. The number of ether oxygens (including phenoxy) is 1. The van der Waals surface area contributed by atoms with Crippen LogP contribution in [0.2, 0.25) is 0 Å². The number of nitrogens with zero attached hydrogens (tertiary/aromatic N) is 2. The van der Waals surface area contributed by atoms with Crippen molar-refractivity contribution in [3.63, 3.8) is 0 Å². The molecule has 3 nitrogen and oxygen atoms in total. The quantitative estimate of drug-likeness (QED) is 0.786. The van der Waals surface area contributed by atoms with Gasteiger partial charge in [0.05, 0.1) is 13.2 Å². The van der Waals surface area contributed by atoms with Gasteiger partial charge in [0, 0.05) is 37.4 Å². The van der Waals surface area contributed by atoms with Gasteiger partial charge in [0.2, 0.25) is 0 Å². The minimum Gasteiger partial charge on any atom is -0.379 e. The van der Waals surface area contributed by atoms with E-state index in [1.54, 1.807) is 0 Å². The Bertz CT molecular complexity index is 506. The summed E-state index contributed by atoms with van der Waals surface area (Å²) in [5.74, 6) is 0. The lowest BCUT2D eigenvalue weighted by atomic mass is 10.1. The lowest BCUT2D eigenvalue weighted by molar-refractivity contribution is 0.0342. The zero-order valence-electron chi connectivity index (χ0n) is 9.80. The predicted molar refractivity (Wildman–Crippen MR) is 67.8 cm³/mol. The Hall–Kier alpha value is -1.45. The molecule has 0 N–H and O–H groups in total. The van der Waals surface area contributed by atoms with Gasteiger partial charge in [-0.15, -0.1) is 0 Å².